The van der Waals surface area contributed by atoms with Gasteiger partial charge in [-0.25, -0.2) is 9.59 Å². The lowest BCUT2D eigenvalue weighted by atomic mass is 9.66. The van der Waals surface area contributed by atoms with Crippen molar-refractivity contribution in [1.82, 2.24) is 20.9 Å². The van der Waals surface area contributed by atoms with E-state index in [1.54, 1.807) is 6.92 Å². The molecule has 0 radical (unpaired) electrons. The van der Waals surface area contributed by atoms with Gasteiger partial charge in [0.15, 0.2) is 0 Å². The molecule has 2 aliphatic heterocycles. The van der Waals surface area contributed by atoms with Crippen molar-refractivity contribution >= 4 is 18.0 Å². The third kappa shape index (κ3) is 3.86. The Morgan fingerprint density at radius 2 is 1.82 bits per heavy atom. The zero-order valence-electron chi connectivity index (χ0n) is 18.9. The quantitative estimate of drug-likeness (QED) is 0.632. The highest BCUT2D eigenvalue weighted by molar-refractivity contribution is 6.07. The predicted octanol–water partition coefficient (Wildman–Crippen LogP) is 3.32. The Kier molecular flexibility index (Phi) is 5.35. The van der Waals surface area contributed by atoms with Gasteiger partial charge in [0.25, 0.3) is 5.91 Å². The first-order valence-electron chi connectivity index (χ1n) is 11.7. The number of benzene rings is 2. The second kappa shape index (κ2) is 8.21. The predicted molar refractivity (Wildman–Crippen MR) is 125 cm³/mol. The van der Waals surface area contributed by atoms with E-state index in [-0.39, 0.29) is 17.4 Å². The van der Waals surface area contributed by atoms with Crippen LogP contribution in [0.15, 0.2) is 48.5 Å². The number of likely N-dealkylation sites (tertiary alicyclic amines) is 1. The Bertz CT molecular complexity index is 1100. The molecule has 172 valence electrons. The van der Waals surface area contributed by atoms with E-state index in [2.05, 4.69) is 40.2 Å². The molecule has 7 nitrogen and oxygen atoms in total. The van der Waals surface area contributed by atoms with Gasteiger partial charge in [0.1, 0.15) is 5.54 Å². The maximum Gasteiger partial charge on any atom is 0.322 e. The van der Waals surface area contributed by atoms with E-state index in [1.165, 1.54) is 17.5 Å². The number of carbonyl (C=O) groups is 3. The van der Waals surface area contributed by atoms with Crippen LogP contribution in [0.2, 0.25) is 0 Å². The van der Waals surface area contributed by atoms with Gasteiger partial charge in [-0.05, 0) is 61.3 Å². The number of hydrogen-bond acceptors (Lipinski definition) is 3. The number of carbonyl (C=O) groups excluding carboxylic acids is 3. The van der Waals surface area contributed by atoms with Crippen LogP contribution in [0.4, 0.5) is 9.59 Å². The maximum absolute atomic E-state index is 13.0. The van der Waals surface area contributed by atoms with Crippen molar-refractivity contribution in [3.05, 3.63) is 70.8 Å². The summed E-state index contributed by atoms with van der Waals surface area (Å²) < 4.78 is 0. The maximum atomic E-state index is 13.0. The molecular weight excluding hydrogens is 416 g/mol. The summed E-state index contributed by atoms with van der Waals surface area (Å²) in [6.45, 7) is 3.64. The van der Waals surface area contributed by atoms with Crippen molar-refractivity contribution in [2.45, 2.75) is 56.5 Å². The number of imide groups is 1. The highest BCUT2D eigenvalue weighted by Gasteiger charge is 2.43. The van der Waals surface area contributed by atoms with E-state index >= 15 is 0 Å². The fraction of sp³-hybridized carbons (Fsp3) is 0.423. The fourth-order valence-electron chi connectivity index (χ4n) is 5.73. The largest absolute Gasteiger partial charge is 0.334 e. The fourth-order valence-corrected chi connectivity index (χ4v) is 5.73. The van der Waals surface area contributed by atoms with Crippen molar-refractivity contribution in [1.29, 1.82) is 0 Å². The van der Waals surface area contributed by atoms with Gasteiger partial charge in [-0.3, -0.25) is 10.1 Å². The zero-order chi connectivity index (χ0) is 23.1. The van der Waals surface area contributed by atoms with Crippen LogP contribution in [0.25, 0.3) is 0 Å². The average molecular weight is 447 g/mol. The van der Waals surface area contributed by atoms with Crippen LogP contribution in [0.5, 0.6) is 0 Å². The average Bonchev–Trinajstić information content (AvgIpc) is 3.10. The van der Waals surface area contributed by atoms with Gasteiger partial charge in [-0.15, -0.1) is 0 Å². The summed E-state index contributed by atoms with van der Waals surface area (Å²) in [6, 6.07) is 15.6. The first-order chi connectivity index (χ1) is 15.9. The molecule has 0 bridgehead atoms. The van der Waals surface area contributed by atoms with Crippen LogP contribution in [-0.2, 0) is 28.7 Å². The molecule has 2 aromatic carbocycles. The number of nitrogens with one attached hydrogen (secondary N) is 3. The van der Waals surface area contributed by atoms with Gasteiger partial charge in [0.2, 0.25) is 0 Å². The molecule has 7 heteroatoms. The summed E-state index contributed by atoms with van der Waals surface area (Å²) in [5.41, 5.74) is 3.52. The molecule has 0 aromatic heterocycles. The second-order valence-corrected chi connectivity index (χ2v) is 9.71. The lowest BCUT2D eigenvalue weighted by Crippen LogP contribution is -2.52. The monoisotopic (exact) mass is 446 g/mol. The molecule has 2 aromatic rings. The number of fused-ring (bicyclic) bond motifs is 2. The normalized spacial score (nSPS) is 26.5. The molecule has 1 aliphatic carbocycles. The molecule has 1 spiro atoms. The third-order valence-corrected chi connectivity index (χ3v) is 7.57. The molecule has 2 heterocycles. The topological polar surface area (TPSA) is 90.5 Å². The Labute approximate surface area is 193 Å². The van der Waals surface area contributed by atoms with Crippen LogP contribution in [0.1, 0.15) is 54.9 Å². The zero-order valence-corrected chi connectivity index (χ0v) is 18.9. The van der Waals surface area contributed by atoms with E-state index in [9.17, 15) is 14.4 Å². The Balaban J connectivity index is 1.23. The van der Waals surface area contributed by atoms with Gasteiger partial charge < -0.3 is 15.5 Å². The lowest BCUT2D eigenvalue weighted by molar-refractivity contribution is -0.123. The second-order valence-electron chi connectivity index (χ2n) is 9.71. The Hall–Kier alpha value is -3.35. The minimum atomic E-state index is -1.07. The molecular formula is C26H30N4O3. The molecule has 5 rings (SSSR count). The molecule has 2 unspecified atom stereocenters. The number of aryl methyl sites for hydroxylation is 1. The van der Waals surface area contributed by atoms with E-state index in [1.807, 2.05) is 29.2 Å². The summed E-state index contributed by atoms with van der Waals surface area (Å²) in [5, 5.41) is 8.01. The van der Waals surface area contributed by atoms with Crippen molar-refractivity contribution < 1.29 is 14.4 Å². The van der Waals surface area contributed by atoms with Gasteiger partial charge in [0.05, 0.1) is 0 Å². The number of hydrogen-bond donors (Lipinski definition) is 3. The Morgan fingerprint density at radius 3 is 2.58 bits per heavy atom. The van der Waals surface area contributed by atoms with Gasteiger partial charge in [-0.2, -0.15) is 0 Å². The number of piperidine rings is 1. The van der Waals surface area contributed by atoms with Gasteiger partial charge in [-0.1, -0.05) is 48.5 Å². The van der Waals surface area contributed by atoms with Crippen molar-refractivity contribution in [2.24, 2.45) is 0 Å². The minimum Gasteiger partial charge on any atom is -0.334 e. The molecule has 0 saturated carbocycles. The number of rotatable bonds is 3. The standard InChI is InChI=1S/C26H30N4O3/c1-25(22(31)28-23(32)29-25)20-11-9-18(10-12-20)16-27-24(33)30-15-5-14-26(17-30)13-4-7-19-6-2-3-8-21(19)26/h2-3,6,8-12H,4-5,7,13-17H2,1H3,(H,27,33)(H2,28,29,31,32). The van der Waals surface area contributed by atoms with Crippen LogP contribution < -0.4 is 16.0 Å². The van der Waals surface area contributed by atoms with Crippen molar-refractivity contribution in [2.75, 3.05) is 13.1 Å². The highest BCUT2D eigenvalue weighted by atomic mass is 16.2. The third-order valence-electron chi connectivity index (χ3n) is 7.57. The summed E-state index contributed by atoms with van der Waals surface area (Å²) >= 11 is 0. The first-order valence-corrected chi connectivity index (χ1v) is 11.7. The molecule has 33 heavy (non-hydrogen) atoms. The molecule has 5 amide bonds. The summed E-state index contributed by atoms with van der Waals surface area (Å²) in [4.78, 5) is 38.7. The van der Waals surface area contributed by atoms with E-state index < -0.39 is 11.6 Å². The van der Waals surface area contributed by atoms with Crippen LogP contribution in [0.3, 0.4) is 0 Å². The van der Waals surface area contributed by atoms with Crippen LogP contribution in [0, 0.1) is 0 Å². The van der Waals surface area contributed by atoms with Gasteiger partial charge in [0, 0.05) is 25.0 Å². The van der Waals surface area contributed by atoms with Crippen molar-refractivity contribution in [3.63, 3.8) is 0 Å². The number of urea groups is 2. The summed E-state index contributed by atoms with van der Waals surface area (Å²) in [5.74, 6) is -0.364. The summed E-state index contributed by atoms with van der Waals surface area (Å²) in [6.07, 6.45) is 5.60. The Morgan fingerprint density at radius 1 is 1.06 bits per heavy atom. The number of amides is 5. The van der Waals surface area contributed by atoms with E-state index in [0.29, 0.717) is 12.1 Å². The first kappa shape index (κ1) is 21.5. The lowest BCUT2D eigenvalue weighted by Gasteiger charge is -2.46. The van der Waals surface area contributed by atoms with E-state index in [4.69, 9.17) is 0 Å². The number of nitrogens with zero attached hydrogens (tertiary/aromatic N) is 1. The SMILES string of the molecule is CC1(c2ccc(CNC(=O)N3CCCC4(CCCc5ccccc54)C3)cc2)NC(=O)NC1=O. The molecule has 3 aliphatic rings. The minimum absolute atomic E-state index is 0.0319. The van der Waals surface area contributed by atoms with Crippen LogP contribution >= 0.6 is 0 Å². The molecule has 3 N–H and O–H groups in total. The molecule has 2 fully saturated rings. The molecule has 2 saturated heterocycles. The van der Waals surface area contributed by atoms with Crippen molar-refractivity contribution in [3.8, 4) is 0 Å². The van der Waals surface area contributed by atoms with Gasteiger partial charge >= 0.3 is 12.1 Å². The highest BCUT2D eigenvalue weighted by Crippen LogP contribution is 2.43. The van der Waals surface area contributed by atoms with Crippen LogP contribution in [-0.4, -0.2) is 36.0 Å². The van der Waals surface area contributed by atoms with E-state index in [0.717, 1.165) is 44.3 Å². The summed E-state index contributed by atoms with van der Waals surface area (Å²) in [7, 11) is 0. The smallest absolute Gasteiger partial charge is 0.322 e. The molecule has 2 atom stereocenters.